The maximum Gasteiger partial charge on any atom is 0.0492 e. The molecule has 11 heavy (non-hydrogen) atoms. The van der Waals surface area contributed by atoms with Gasteiger partial charge in [0.25, 0.3) is 0 Å². The lowest BCUT2D eigenvalue weighted by Gasteiger charge is -2.21. The Morgan fingerprint density at radius 2 is 2.64 bits per heavy atom. The van der Waals surface area contributed by atoms with Gasteiger partial charge in [0.1, 0.15) is 0 Å². The number of nitrogens with zero attached hydrogens (tertiary/aromatic N) is 2. The van der Waals surface area contributed by atoms with E-state index in [-0.39, 0.29) is 0 Å². The average Bonchev–Trinajstić information content (AvgIpc) is 2.50. The summed E-state index contributed by atoms with van der Waals surface area (Å²) in [6, 6.07) is 2.16. The van der Waals surface area contributed by atoms with E-state index in [1.807, 2.05) is 6.20 Å². The number of aryl methyl sites for hydroxylation is 1. The first-order valence-corrected chi connectivity index (χ1v) is 4.43. The quantitative estimate of drug-likeness (QED) is 0.600. The molecule has 2 heteroatoms. The lowest BCUT2D eigenvalue weighted by molar-refractivity contribution is 0.417. The minimum atomic E-state index is 0.770. The minimum Gasteiger partial charge on any atom is -0.269 e. The summed E-state index contributed by atoms with van der Waals surface area (Å²) in [6.07, 6.45) is 5.82. The highest BCUT2D eigenvalue weighted by Gasteiger charge is 2.18. The summed E-state index contributed by atoms with van der Waals surface area (Å²) in [4.78, 5) is 0. The molecule has 0 N–H and O–H groups in total. The Kier molecular flexibility index (Phi) is 1.68. The van der Waals surface area contributed by atoms with Crippen molar-refractivity contribution in [1.29, 1.82) is 0 Å². The number of hydrogen-bond donors (Lipinski definition) is 0. The first kappa shape index (κ1) is 6.89. The van der Waals surface area contributed by atoms with Crippen LogP contribution in [0.3, 0.4) is 0 Å². The van der Waals surface area contributed by atoms with E-state index in [2.05, 4.69) is 22.8 Å². The molecule has 0 aliphatic carbocycles. The molecule has 0 fully saturated rings. The van der Waals surface area contributed by atoms with E-state index in [0.29, 0.717) is 0 Å². The van der Waals surface area contributed by atoms with Crippen LogP contribution >= 0.6 is 0 Å². The molecule has 1 atom stereocenters. The zero-order valence-electron chi connectivity index (χ0n) is 6.95. The normalized spacial score (nSPS) is 23.2. The van der Waals surface area contributed by atoms with E-state index in [0.717, 1.165) is 12.5 Å². The molecule has 1 aliphatic heterocycles. The zero-order chi connectivity index (χ0) is 7.68. The Morgan fingerprint density at radius 3 is 3.45 bits per heavy atom. The van der Waals surface area contributed by atoms with Crippen LogP contribution in [0.15, 0.2) is 12.3 Å². The standard InChI is InChI=1S/C9H14N2/c1-2-8-4-3-7-11-9(8)5-6-10-11/h5-6,8H,2-4,7H2,1H3. The predicted octanol–water partition coefficient (Wildman–Crippen LogP) is 2.17. The van der Waals surface area contributed by atoms with Crippen LogP contribution in [0.1, 0.15) is 37.8 Å². The van der Waals surface area contributed by atoms with Crippen LogP contribution in [-0.2, 0) is 6.54 Å². The second-order valence-corrected chi connectivity index (χ2v) is 3.23. The van der Waals surface area contributed by atoms with Crippen molar-refractivity contribution in [3.63, 3.8) is 0 Å². The van der Waals surface area contributed by atoms with Gasteiger partial charge in [0.05, 0.1) is 0 Å². The van der Waals surface area contributed by atoms with E-state index in [1.165, 1.54) is 25.0 Å². The maximum atomic E-state index is 4.27. The Hall–Kier alpha value is -0.790. The van der Waals surface area contributed by atoms with Crippen molar-refractivity contribution in [2.75, 3.05) is 0 Å². The smallest absolute Gasteiger partial charge is 0.0492 e. The Morgan fingerprint density at radius 1 is 1.73 bits per heavy atom. The van der Waals surface area contributed by atoms with Crippen LogP contribution in [0.25, 0.3) is 0 Å². The largest absolute Gasteiger partial charge is 0.269 e. The van der Waals surface area contributed by atoms with Crippen molar-refractivity contribution < 1.29 is 0 Å². The summed E-state index contributed by atoms with van der Waals surface area (Å²) in [5.74, 6) is 0.770. The van der Waals surface area contributed by atoms with E-state index < -0.39 is 0 Å². The molecule has 0 amide bonds. The third kappa shape index (κ3) is 1.06. The average molecular weight is 150 g/mol. The molecule has 0 bridgehead atoms. The second kappa shape index (κ2) is 2.68. The van der Waals surface area contributed by atoms with E-state index >= 15 is 0 Å². The van der Waals surface area contributed by atoms with Gasteiger partial charge in [-0.2, -0.15) is 5.10 Å². The van der Waals surface area contributed by atoms with E-state index in [1.54, 1.807) is 0 Å². The predicted molar refractivity (Wildman–Crippen MR) is 44.5 cm³/mol. The SMILES string of the molecule is CCC1CCCn2nccc21. The molecule has 1 aromatic heterocycles. The van der Waals surface area contributed by atoms with E-state index in [4.69, 9.17) is 0 Å². The molecular weight excluding hydrogens is 136 g/mol. The lowest BCUT2D eigenvalue weighted by atomic mass is 9.94. The van der Waals surface area contributed by atoms with Crippen molar-refractivity contribution in [1.82, 2.24) is 9.78 Å². The van der Waals surface area contributed by atoms with Gasteiger partial charge >= 0.3 is 0 Å². The molecule has 60 valence electrons. The van der Waals surface area contributed by atoms with Gasteiger partial charge in [-0.15, -0.1) is 0 Å². The Bertz CT molecular complexity index is 239. The third-order valence-electron chi connectivity index (χ3n) is 2.58. The van der Waals surface area contributed by atoms with Gasteiger partial charge < -0.3 is 0 Å². The zero-order valence-corrected chi connectivity index (χ0v) is 6.95. The third-order valence-corrected chi connectivity index (χ3v) is 2.58. The highest BCUT2D eigenvalue weighted by atomic mass is 15.3. The summed E-state index contributed by atoms with van der Waals surface area (Å²) in [7, 11) is 0. The topological polar surface area (TPSA) is 17.8 Å². The highest BCUT2D eigenvalue weighted by Crippen LogP contribution is 2.28. The van der Waals surface area contributed by atoms with Crippen molar-refractivity contribution >= 4 is 0 Å². The van der Waals surface area contributed by atoms with Gasteiger partial charge in [0, 0.05) is 24.4 Å². The van der Waals surface area contributed by atoms with Gasteiger partial charge in [0.2, 0.25) is 0 Å². The van der Waals surface area contributed by atoms with Gasteiger partial charge in [-0.25, -0.2) is 0 Å². The monoisotopic (exact) mass is 150 g/mol. The Labute approximate surface area is 67.2 Å². The highest BCUT2D eigenvalue weighted by molar-refractivity contribution is 5.09. The first-order valence-electron chi connectivity index (χ1n) is 4.43. The minimum absolute atomic E-state index is 0.770. The fourth-order valence-corrected chi connectivity index (χ4v) is 1.93. The van der Waals surface area contributed by atoms with Gasteiger partial charge in [-0.05, 0) is 25.3 Å². The number of fused-ring (bicyclic) bond motifs is 1. The molecule has 0 saturated carbocycles. The van der Waals surface area contributed by atoms with Crippen LogP contribution in [0, 0.1) is 0 Å². The van der Waals surface area contributed by atoms with Crippen LogP contribution < -0.4 is 0 Å². The second-order valence-electron chi connectivity index (χ2n) is 3.23. The molecule has 1 unspecified atom stereocenters. The van der Waals surface area contributed by atoms with Gasteiger partial charge in [-0.3, -0.25) is 4.68 Å². The Balaban J connectivity index is 2.32. The molecule has 1 aromatic rings. The van der Waals surface area contributed by atoms with E-state index in [9.17, 15) is 0 Å². The molecule has 0 radical (unpaired) electrons. The summed E-state index contributed by atoms with van der Waals surface area (Å²) in [5.41, 5.74) is 1.44. The van der Waals surface area contributed by atoms with Crippen LogP contribution in [0.2, 0.25) is 0 Å². The summed E-state index contributed by atoms with van der Waals surface area (Å²) in [5, 5.41) is 4.27. The summed E-state index contributed by atoms with van der Waals surface area (Å²) >= 11 is 0. The fourth-order valence-electron chi connectivity index (χ4n) is 1.93. The lowest BCUT2D eigenvalue weighted by Crippen LogP contribution is -2.15. The molecule has 0 spiro atoms. The fraction of sp³-hybridized carbons (Fsp3) is 0.667. The number of rotatable bonds is 1. The van der Waals surface area contributed by atoms with Crippen molar-refractivity contribution in [3.05, 3.63) is 18.0 Å². The van der Waals surface area contributed by atoms with Crippen LogP contribution in [-0.4, -0.2) is 9.78 Å². The van der Waals surface area contributed by atoms with Crippen LogP contribution in [0.5, 0.6) is 0 Å². The molecule has 0 aromatic carbocycles. The van der Waals surface area contributed by atoms with Crippen LogP contribution in [0.4, 0.5) is 0 Å². The van der Waals surface area contributed by atoms with Gasteiger partial charge in [0.15, 0.2) is 0 Å². The summed E-state index contributed by atoms with van der Waals surface area (Å²) in [6.45, 7) is 3.38. The van der Waals surface area contributed by atoms with Crippen molar-refractivity contribution in [2.24, 2.45) is 0 Å². The first-order chi connectivity index (χ1) is 5.42. The maximum absolute atomic E-state index is 4.27. The molecule has 2 rings (SSSR count). The van der Waals surface area contributed by atoms with Gasteiger partial charge in [-0.1, -0.05) is 6.92 Å². The summed E-state index contributed by atoms with van der Waals surface area (Å²) < 4.78 is 2.15. The molecule has 2 heterocycles. The molecule has 1 aliphatic rings. The molecular formula is C9H14N2. The molecule has 2 nitrogen and oxygen atoms in total. The number of hydrogen-bond acceptors (Lipinski definition) is 1. The van der Waals surface area contributed by atoms with Crippen molar-refractivity contribution in [3.8, 4) is 0 Å². The molecule has 0 saturated heterocycles. The van der Waals surface area contributed by atoms with Crippen molar-refractivity contribution in [2.45, 2.75) is 38.6 Å². The number of aromatic nitrogens is 2.